The molecule has 25 heavy (non-hydrogen) atoms. The summed E-state index contributed by atoms with van der Waals surface area (Å²) >= 11 is 0. The number of aromatic nitrogens is 2. The first-order valence-corrected chi connectivity index (χ1v) is 8.41. The van der Waals surface area contributed by atoms with E-state index in [0.717, 1.165) is 24.3 Å². The first-order chi connectivity index (χ1) is 12.2. The molecule has 0 saturated heterocycles. The molecule has 0 N–H and O–H groups in total. The number of hydrogen-bond acceptors (Lipinski definition) is 5. The van der Waals surface area contributed by atoms with Crippen molar-refractivity contribution in [1.29, 1.82) is 0 Å². The Kier molecular flexibility index (Phi) is 5.46. The highest BCUT2D eigenvalue weighted by Crippen LogP contribution is 2.18. The largest absolute Gasteiger partial charge is 0.497 e. The zero-order chi connectivity index (χ0) is 17.6. The molecular formula is C20H23N3O2. The van der Waals surface area contributed by atoms with Gasteiger partial charge in [-0.05, 0) is 36.7 Å². The normalized spacial score (nSPS) is 11.0. The minimum absolute atomic E-state index is 0.594. The van der Waals surface area contributed by atoms with Crippen LogP contribution in [-0.2, 0) is 19.5 Å². The van der Waals surface area contributed by atoms with Gasteiger partial charge < -0.3 is 9.26 Å². The number of benzene rings is 2. The fourth-order valence-corrected chi connectivity index (χ4v) is 2.70. The molecule has 0 saturated carbocycles. The Morgan fingerprint density at radius 2 is 1.84 bits per heavy atom. The van der Waals surface area contributed by atoms with Gasteiger partial charge in [0.2, 0.25) is 11.7 Å². The Morgan fingerprint density at radius 3 is 2.56 bits per heavy atom. The van der Waals surface area contributed by atoms with Crippen molar-refractivity contribution in [2.45, 2.75) is 26.4 Å². The van der Waals surface area contributed by atoms with Gasteiger partial charge in [0.1, 0.15) is 5.75 Å². The third-order valence-electron chi connectivity index (χ3n) is 4.08. The molecule has 3 aromatic rings. The van der Waals surface area contributed by atoms with Crippen molar-refractivity contribution in [1.82, 2.24) is 15.0 Å². The predicted octanol–water partition coefficient (Wildman–Crippen LogP) is 3.94. The molecular weight excluding hydrogens is 314 g/mol. The number of aryl methyl sites for hydroxylation is 1. The molecule has 1 heterocycles. The van der Waals surface area contributed by atoms with E-state index >= 15 is 0 Å². The number of hydrogen-bond donors (Lipinski definition) is 0. The lowest BCUT2D eigenvalue weighted by Crippen LogP contribution is -2.17. The van der Waals surface area contributed by atoms with Gasteiger partial charge >= 0.3 is 0 Å². The maximum Gasteiger partial charge on any atom is 0.241 e. The zero-order valence-corrected chi connectivity index (χ0v) is 14.9. The van der Waals surface area contributed by atoms with E-state index in [1.807, 2.05) is 37.4 Å². The second kappa shape index (κ2) is 7.94. The Balaban J connectivity index is 1.63. The number of ether oxygens (including phenoxy) is 1. The van der Waals surface area contributed by atoms with Crippen LogP contribution < -0.4 is 4.74 Å². The summed E-state index contributed by atoms with van der Waals surface area (Å²) in [6.45, 7) is 3.51. The molecule has 0 amide bonds. The molecule has 5 heteroatoms. The fraction of sp³-hybridized carbons (Fsp3) is 0.300. The summed E-state index contributed by atoms with van der Waals surface area (Å²) in [6.07, 6.45) is 1.02. The van der Waals surface area contributed by atoms with Crippen LogP contribution in [0.4, 0.5) is 0 Å². The Hall–Kier alpha value is -2.66. The quantitative estimate of drug-likeness (QED) is 0.653. The van der Waals surface area contributed by atoms with Crippen molar-refractivity contribution >= 4 is 0 Å². The summed E-state index contributed by atoms with van der Waals surface area (Å²) in [5.74, 6) is 2.11. The molecule has 130 valence electrons. The van der Waals surface area contributed by atoms with Crippen LogP contribution in [0.5, 0.6) is 5.75 Å². The molecule has 0 spiro atoms. The topological polar surface area (TPSA) is 51.4 Å². The first kappa shape index (κ1) is 17.2. The summed E-state index contributed by atoms with van der Waals surface area (Å²) in [7, 11) is 3.70. The van der Waals surface area contributed by atoms with Crippen molar-refractivity contribution in [3.8, 4) is 17.1 Å². The third kappa shape index (κ3) is 4.45. The molecule has 0 radical (unpaired) electrons. The van der Waals surface area contributed by atoms with Crippen molar-refractivity contribution in [3.05, 3.63) is 65.5 Å². The van der Waals surface area contributed by atoms with E-state index in [0.29, 0.717) is 18.3 Å². The van der Waals surface area contributed by atoms with Gasteiger partial charge in [-0.2, -0.15) is 4.98 Å². The van der Waals surface area contributed by atoms with Crippen LogP contribution in [0.2, 0.25) is 0 Å². The van der Waals surface area contributed by atoms with Crippen molar-refractivity contribution in [2.75, 3.05) is 14.2 Å². The number of methoxy groups -OCH3 is 1. The minimum atomic E-state index is 0.594. The van der Waals surface area contributed by atoms with Gasteiger partial charge in [-0.1, -0.05) is 48.5 Å². The molecule has 0 bridgehead atoms. The average Bonchev–Trinajstić information content (AvgIpc) is 3.10. The summed E-state index contributed by atoms with van der Waals surface area (Å²) in [6, 6.07) is 16.3. The average molecular weight is 337 g/mol. The second-order valence-corrected chi connectivity index (χ2v) is 6.09. The molecule has 0 unspecified atom stereocenters. The van der Waals surface area contributed by atoms with Gasteiger partial charge in [-0.25, -0.2) is 0 Å². The first-order valence-electron chi connectivity index (χ1n) is 8.41. The zero-order valence-electron chi connectivity index (χ0n) is 14.9. The van der Waals surface area contributed by atoms with Crippen LogP contribution in [0.3, 0.4) is 0 Å². The molecule has 0 aliphatic heterocycles. The van der Waals surface area contributed by atoms with Crippen molar-refractivity contribution in [2.24, 2.45) is 0 Å². The van der Waals surface area contributed by atoms with Crippen LogP contribution in [0.15, 0.2) is 53.1 Å². The van der Waals surface area contributed by atoms with Crippen LogP contribution >= 0.6 is 0 Å². The van der Waals surface area contributed by atoms with E-state index in [-0.39, 0.29) is 0 Å². The third-order valence-corrected chi connectivity index (χ3v) is 4.08. The number of rotatable bonds is 7. The highest BCUT2D eigenvalue weighted by molar-refractivity contribution is 5.54. The molecule has 5 nitrogen and oxygen atoms in total. The van der Waals surface area contributed by atoms with Crippen LogP contribution in [0, 0.1) is 0 Å². The Morgan fingerprint density at radius 1 is 1.04 bits per heavy atom. The molecule has 3 rings (SSSR count). The lowest BCUT2D eigenvalue weighted by molar-refractivity contribution is 0.260. The van der Waals surface area contributed by atoms with Gasteiger partial charge in [0.15, 0.2) is 0 Å². The highest BCUT2D eigenvalue weighted by atomic mass is 16.5. The van der Waals surface area contributed by atoms with E-state index in [4.69, 9.17) is 9.26 Å². The summed E-state index contributed by atoms with van der Waals surface area (Å²) in [5, 5.41) is 4.10. The molecule has 1 aromatic heterocycles. The highest BCUT2D eigenvalue weighted by Gasteiger charge is 2.11. The predicted molar refractivity (Wildman–Crippen MR) is 97.3 cm³/mol. The Labute approximate surface area is 148 Å². The van der Waals surface area contributed by atoms with E-state index in [2.05, 4.69) is 40.2 Å². The summed E-state index contributed by atoms with van der Waals surface area (Å²) in [5.41, 5.74) is 3.45. The number of nitrogens with zero attached hydrogens (tertiary/aromatic N) is 3. The maximum absolute atomic E-state index is 5.40. The van der Waals surface area contributed by atoms with E-state index in [9.17, 15) is 0 Å². The SMILES string of the molecule is CCc1ccc(-c2noc(CN(C)Cc3cccc(OC)c3)n2)cc1. The van der Waals surface area contributed by atoms with E-state index in [1.54, 1.807) is 7.11 Å². The van der Waals surface area contributed by atoms with E-state index in [1.165, 1.54) is 11.1 Å². The van der Waals surface area contributed by atoms with Crippen LogP contribution in [0.25, 0.3) is 11.4 Å². The Bertz CT molecular complexity index is 812. The monoisotopic (exact) mass is 337 g/mol. The van der Waals surface area contributed by atoms with Gasteiger partial charge in [-0.15, -0.1) is 0 Å². The van der Waals surface area contributed by atoms with Gasteiger partial charge in [-0.3, -0.25) is 4.90 Å². The van der Waals surface area contributed by atoms with Gasteiger partial charge in [0.05, 0.1) is 13.7 Å². The summed E-state index contributed by atoms with van der Waals surface area (Å²) in [4.78, 5) is 6.64. The molecule has 2 aromatic carbocycles. The second-order valence-electron chi connectivity index (χ2n) is 6.09. The van der Waals surface area contributed by atoms with Crippen molar-refractivity contribution < 1.29 is 9.26 Å². The van der Waals surface area contributed by atoms with Crippen LogP contribution in [0.1, 0.15) is 23.9 Å². The van der Waals surface area contributed by atoms with Gasteiger partial charge in [0.25, 0.3) is 0 Å². The smallest absolute Gasteiger partial charge is 0.241 e. The molecule has 0 fully saturated rings. The minimum Gasteiger partial charge on any atom is -0.497 e. The standard InChI is InChI=1S/C20H23N3O2/c1-4-15-8-10-17(11-9-15)20-21-19(25-22-20)14-23(2)13-16-6-5-7-18(12-16)24-3/h5-12H,4,13-14H2,1-3H3. The summed E-state index contributed by atoms with van der Waals surface area (Å²) < 4.78 is 10.7. The maximum atomic E-state index is 5.40. The molecule has 0 aliphatic rings. The molecule has 0 atom stereocenters. The fourth-order valence-electron chi connectivity index (χ4n) is 2.70. The lowest BCUT2D eigenvalue weighted by atomic mass is 10.1. The molecule has 0 aliphatic carbocycles. The van der Waals surface area contributed by atoms with Crippen molar-refractivity contribution in [3.63, 3.8) is 0 Å². The van der Waals surface area contributed by atoms with Gasteiger partial charge in [0, 0.05) is 12.1 Å². The lowest BCUT2D eigenvalue weighted by Gasteiger charge is -2.14. The van der Waals surface area contributed by atoms with Crippen LogP contribution in [-0.4, -0.2) is 29.2 Å². The van der Waals surface area contributed by atoms with E-state index < -0.39 is 0 Å².